The van der Waals surface area contributed by atoms with Crippen LogP contribution in [0.3, 0.4) is 0 Å². The number of carbonyl (C=O) groups excluding carboxylic acids is 3. The first kappa shape index (κ1) is 39.4. The summed E-state index contributed by atoms with van der Waals surface area (Å²) in [5.41, 5.74) is 18.6. The quantitative estimate of drug-likeness (QED) is 0.113. The molecule has 0 bridgehead atoms. The fourth-order valence-electron chi connectivity index (χ4n) is 7.18. The molecular formula is C43H49ClN6O3S. The maximum Gasteiger partial charge on any atom is 0.237 e. The molecule has 1 aliphatic heterocycles. The third kappa shape index (κ3) is 9.85. The summed E-state index contributed by atoms with van der Waals surface area (Å²) < 4.78 is 0. The Morgan fingerprint density at radius 2 is 1.52 bits per heavy atom. The number of aromatic nitrogens is 1. The van der Waals surface area contributed by atoms with Crippen LogP contribution in [0.5, 0.6) is 0 Å². The van der Waals surface area contributed by atoms with Crippen molar-refractivity contribution in [3.05, 3.63) is 118 Å². The maximum absolute atomic E-state index is 14.3. The van der Waals surface area contributed by atoms with Gasteiger partial charge in [-0.25, -0.2) is 4.98 Å². The van der Waals surface area contributed by atoms with Gasteiger partial charge in [0.1, 0.15) is 5.03 Å². The van der Waals surface area contributed by atoms with Crippen molar-refractivity contribution in [3.8, 4) is 11.1 Å². The molecule has 2 aliphatic rings. The van der Waals surface area contributed by atoms with Gasteiger partial charge in [-0.3, -0.25) is 14.4 Å². The van der Waals surface area contributed by atoms with E-state index in [0.29, 0.717) is 56.8 Å². The van der Waals surface area contributed by atoms with Crippen molar-refractivity contribution in [1.29, 1.82) is 0 Å². The summed E-state index contributed by atoms with van der Waals surface area (Å²) in [5.74, 6) is -1.34. The fourth-order valence-corrected chi connectivity index (χ4v) is 8.63. The molecule has 0 saturated carbocycles. The van der Waals surface area contributed by atoms with Crippen LogP contribution < -0.4 is 27.4 Å². The highest BCUT2D eigenvalue weighted by atomic mass is 35.5. The zero-order valence-corrected chi connectivity index (χ0v) is 32.1. The van der Waals surface area contributed by atoms with Crippen LogP contribution >= 0.6 is 23.4 Å². The predicted octanol–water partition coefficient (Wildman–Crippen LogP) is 6.60. The lowest BCUT2D eigenvalue weighted by molar-refractivity contribution is -0.132. The molecule has 0 saturated heterocycles. The number of nitrogens with zero attached hydrogens (tertiary/aromatic N) is 1. The topological polar surface area (TPSA) is 152 Å². The van der Waals surface area contributed by atoms with Gasteiger partial charge in [-0.05, 0) is 97.5 Å². The Hall–Kier alpha value is -4.32. The molecule has 2 heterocycles. The predicted molar refractivity (Wildman–Crippen MR) is 217 cm³/mol. The molecule has 1 aliphatic carbocycles. The van der Waals surface area contributed by atoms with E-state index in [-0.39, 0.29) is 30.6 Å². The molecule has 54 heavy (non-hydrogen) atoms. The standard InChI is InChI=1S/C43H49ClN6O3S/c44-39-35(28-10-2-1-3-11-28)20-19-31-26-49-41(52)33(24-30-18-17-29-12-4-5-14-34(29)30)25-38(51)36(15-6-7-21-45)50-42(53)37(16-8-22-46)48-27-32-13-9-23-47-43(32)54-40(31)39/h1-5,9-14,18-20,23,33,36-37,48H,6-8,15-17,21-22,24-27,45-46H2,(H,49,52)(H,50,53)/t33-,36+,37-/m1/s1. The number of hydrogen-bond donors (Lipinski definition) is 5. The zero-order chi connectivity index (χ0) is 37.9. The van der Waals surface area contributed by atoms with E-state index in [1.54, 1.807) is 6.20 Å². The third-order valence-electron chi connectivity index (χ3n) is 10.2. The highest BCUT2D eigenvalue weighted by Gasteiger charge is 2.31. The van der Waals surface area contributed by atoms with E-state index in [0.717, 1.165) is 56.2 Å². The lowest BCUT2D eigenvalue weighted by Crippen LogP contribution is -2.50. The summed E-state index contributed by atoms with van der Waals surface area (Å²) >= 11 is 8.70. The minimum absolute atomic E-state index is 0.0233. The third-order valence-corrected chi connectivity index (χ3v) is 11.9. The van der Waals surface area contributed by atoms with Gasteiger partial charge in [0.15, 0.2) is 5.78 Å². The molecule has 6 rings (SSSR count). The molecule has 0 radical (unpaired) electrons. The number of ketones is 1. The monoisotopic (exact) mass is 764 g/mol. The van der Waals surface area contributed by atoms with Crippen LogP contribution in [-0.4, -0.2) is 47.8 Å². The van der Waals surface area contributed by atoms with Gasteiger partial charge in [0.05, 0.1) is 17.1 Å². The number of nitrogens with one attached hydrogen (secondary N) is 3. The minimum atomic E-state index is -0.762. The van der Waals surface area contributed by atoms with Crippen molar-refractivity contribution in [2.75, 3.05) is 13.1 Å². The molecule has 0 fully saturated rings. The molecule has 0 unspecified atom stereocenters. The Morgan fingerprint density at radius 3 is 2.33 bits per heavy atom. The largest absolute Gasteiger partial charge is 0.352 e. The maximum atomic E-state index is 14.3. The molecule has 11 heteroatoms. The van der Waals surface area contributed by atoms with Gasteiger partial charge in [0.25, 0.3) is 0 Å². The van der Waals surface area contributed by atoms with Crippen molar-refractivity contribution in [1.82, 2.24) is 20.9 Å². The SMILES string of the molecule is NCCCC[C@@H]1NC(=O)[C@@H](CCCN)NCc2cccnc2Sc2c(ccc(-c3ccccc3)c2Cl)CNC(=O)[C@H](CC2=CCc3ccccc32)CC1=O. The van der Waals surface area contributed by atoms with Crippen LogP contribution in [0, 0.1) is 5.92 Å². The van der Waals surface area contributed by atoms with Gasteiger partial charge >= 0.3 is 0 Å². The summed E-state index contributed by atoms with van der Waals surface area (Å²) in [7, 11) is 0. The van der Waals surface area contributed by atoms with Crippen LogP contribution in [0.1, 0.15) is 67.2 Å². The van der Waals surface area contributed by atoms with Crippen LogP contribution in [0.2, 0.25) is 5.02 Å². The van der Waals surface area contributed by atoms with Gasteiger partial charge in [0, 0.05) is 42.1 Å². The molecule has 1 aromatic heterocycles. The number of hydrogen-bond acceptors (Lipinski definition) is 8. The Labute approximate surface area is 327 Å². The number of rotatable bonds is 10. The molecule has 9 nitrogen and oxygen atoms in total. The van der Waals surface area contributed by atoms with Gasteiger partial charge in [-0.2, -0.15) is 0 Å². The number of nitrogens with two attached hydrogens (primary N) is 2. The van der Waals surface area contributed by atoms with E-state index in [1.807, 2.05) is 66.7 Å². The average Bonchev–Trinajstić information content (AvgIpc) is 3.60. The van der Waals surface area contributed by atoms with Crippen LogP contribution in [0.4, 0.5) is 0 Å². The van der Waals surface area contributed by atoms with Crippen molar-refractivity contribution in [3.63, 3.8) is 0 Å². The van der Waals surface area contributed by atoms with Gasteiger partial charge in [-0.15, -0.1) is 0 Å². The second-order valence-corrected chi connectivity index (χ2v) is 15.3. The van der Waals surface area contributed by atoms with Crippen molar-refractivity contribution in [2.24, 2.45) is 17.4 Å². The van der Waals surface area contributed by atoms with E-state index in [2.05, 4.69) is 34.2 Å². The number of benzene rings is 3. The summed E-state index contributed by atoms with van der Waals surface area (Å²) in [6, 6.07) is 24.6. The van der Waals surface area contributed by atoms with E-state index < -0.39 is 18.0 Å². The smallest absolute Gasteiger partial charge is 0.237 e. The fraction of sp³-hybridized carbons (Fsp3) is 0.349. The summed E-state index contributed by atoms with van der Waals surface area (Å²) in [6.45, 7) is 1.46. The van der Waals surface area contributed by atoms with Crippen LogP contribution in [-0.2, 0) is 33.9 Å². The molecule has 2 amide bonds. The van der Waals surface area contributed by atoms with Gasteiger partial charge < -0.3 is 27.4 Å². The number of pyridine rings is 1. The van der Waals surface area contributed by atoms with Gasteiger partial charge in [0.2, 0.25) is 11.8 Å². The Morgan fingerprint density at radius 1 is 0.759 bits per heavy atom. The van der Waals surface area contributed by atoms with E-state index in [4.69, 9.17) is 28.1 Å². The Bertz CT molecular complexity index is 1970. The van der Waals surface area contributed by atoms with E-state index >= 15 is 0 Å². The van der Waals surface area contributed by atoms with E-state index in [9.17, 15) is 14.4 Å². The van der Waals surface area contributed by atoms with Gasteiger partial charge in [-0.1, -0.05) is 102 Å². The van der Waals surface area contributed by atoms with Crippen molar-refractivity contribution >= 4 is 46.5 Å². The molecule has 0 spiro atoms. The van der Waals surface area contributed by atoms with Crippen molar-refractivity contribution in [2.45, 2.75) is 86.5 Å². The molecule has 3 atom stereocenters. The summed E-state index contributed by atoms with van der Waals surface area (Å²) in [4.78, 5) is 48.1. The second kappa shape index (κ2) is 19.3. The average molecular weight is 765 g/mol. The molecule has 282 valence electrons. The number of fused-ring (bicyclic) bond motifs is 3. The lowest BCUT2D eigenvalue weighted by Gasteiger charge is -2.25. The van der Waals surface area contributed by atoms with Crippen LogP contribution in [0.15, 0.2) is 101 Å². The molecule has 3 aromatic carbocycles. The zero-order valence-electron chi connectivity index (χ0n) is 30.5. The Kier molecular flexibility index (Phi) is 14.1. The number of unbranched alkanes of at least 4 members (excludes halogenated alkanes) is 1. The minimum Gasteiger partial charge on any atom is -0.352 e. The summed E-state index contributed by atoms with van der Waals surface area (Å²) in [6.07, 6.45) is 7.98. The molecular weight excluding hydrogens is 716 g/mol. The summed E-state index contributed by atoms with van der Waals surface area (Å²) in [5, 5.41) is 11.0. The molecule has 7 N–H and O–H groups in total. The lowest BCUT2D eigenvalue weighted by atomic mass is 9.88. The number of Topliss-reactive ketones (excluding diaryl/α,β-unsaturated/α-hetero) is 1. The number of amides is 2. The Balaban J connectivity index is 1.40. The first-order valence-electron chi connectivity index (χ1n) is 18.9. The van der Waals surface area contributed by atoms with Crippen molar-refractivity contribution < 1.29 is 14.4 Å². The number of carbonyl (C=O) groups is 3. The van der Waals surface area contributed by atoms with E-state index in [1.165, 1.54) is 17.3 Å². The first-order valence-corrected chi connectivity index (χ1v) is 20.1. The molecule has 4 aromatic rings. The van der Waals surface area contributed by atoms with Crippen LogP contribution in [0.25, 0.3) is 16.7 Å². The number of halogens is 1. The highest BCUT2D eigenvalue weighted by Crippen LogP contribution is 2.42. The second-order valence-electron chi connectivity index (χ2n) is 13.9. The first-order chi connectivity index (χ1) is 26.4. The normalized spacial score (nSPS) is 19.5. The highest BCUT2D eigenvalue weighted by molar-refractivity contribution is 7.99. The number of allylic oxidation sites excluding steroid dienone is 2.